The number of carbonyl (C=O) groups is 1. The van der Waals surface area contributed by atoms with E-state index in [1.54, 1.807) is 22.4 Å². The van der Waals surface area contributed by atoms with Crippen LogP contribution in [0.3, 0.4) is 0 Å². The highest BCUT2D eigenvalue weighted by atomic mass is 35.5. The lowest BCUT2D eigenvalue weighted by atomic mass is 10.2. The maximum absolute atomic E-state index is 12.7. The molecule has 0 bridgehead atoms. The third kappa shape index (κ3) is 3.91. The second-order valence-corrected chi connectivity index (χ2v) is 9.46. The molecule has 0 N–H and O–H groups in total. The molecule has 1 fully saturated rings. The summed E-state index contributed by atoms with van der Waals surface area (Å²) in [5, 5.41) is 3.13. The summed E-state index contributed by atoms with van der Waals surface area (Å²) in [7, 11) is -0.444. The number of aromatic nitrogens is 1. The Bertz CT molecular complexity index is 888. The molecule has 140 valence electrons. The Morgan fingerprint density at radius 2 is 1.77 bits per heavy atom. The summed E-state index contributed by atoms with van der Waals surface area (Å²) in [5.74, 6) is -0.177. The van der Waals surface area contributed by atoms with Gasteiger partial charge < -0.3 is 4.90 Å². The molecule has 1 aromatic carbocycles. The van der Waals surface area contributed by atoms with Crippen LogP contribution in [-0.4, -0.2) is 73.1 Å². The van der Waals surface area contributed by atoms with Gasteiger partial charge in [-0.05, 0) is 12.1 Å². The lowest BCUT2D eigenvalue weighted by Gasteiger charge is -2.34. The summed E-state index contributed by atoms with van der Waals surface area (Å²) >= 11 is 7.29. The van der Waals surface area contributed by atoms with Gasteiger partial charge in [-0.3, -0.25) is 4.79 Å². The topological polar surface area (TPSA) is 73.8 Å². The van der Waals surface area contributed by atoms with Crippen LogP contribution in [0.15, 0.2) is 29.6 Å². The normalized spacial score (nSPS) is 16.2. The number of thiazole rings is 1. The molecule has 0 radical (unpaired) electrons. The summed E-state index contributed by atoms with van der Waals surface area (Å²) in [6, 6.07) is 7.29. The number of rotatable bonds is 4. The van der Waals surface area contributed by atoms with E-state index < -0.39 is 10.2 Å². The van der Waals surface area contributed by atoms with Gasteiger partial charge in [-0.15, -0.1) is 11.3 Å². The summed E-state index contributed by atoms with van der Waals surface area (Å²) in [5.41, 5.74) is 1.28. The van der Waals surface area contributed by atoms with Gasteiger partial charge in [-0.1, -0.05) is 23.7 Å². The highest BCUT2D eigenvalue weighted by Crippen LogP contribution is 2.26. The number of hydrogen-bond donors (Lipinski definition) is 0. The van der Waals surface area contributed by atoms with Crippen molar-refractivity contribution >= 4 is 39.1 Å². The predicted octanol–water partition coefficient (Wildman–Crippen LogP) is 2.03. The van der Waals surface area contributed by atoms with E-state index in [4.69, 9.17) is 11.6 Å². The van der Waals surface area contributed by atoms with E-state index in [1.165, 1.54) is 34.0 Å². The first-order valence-electron chi connectivity index (χ1n) is 7.97. The fraction of sp³-hybridized carbons (Fsp3) is 0.375. The molecule has 1 aromatic heterocycles. The Kier molecular flexibility index (Phi) is 5.64. The fourth-order valence-electron chi connectivity index (χ4n) is 2.61. The first-order valence-corrected chi connectivity index (χ1v) is 10.6. The van der Waals surface area contributed by atoms with Gasteiger partial charge in [0, 0.05) is 56.2 Å². The number of piperazine rings is 1. The molecule has 2 aromatic rings. The summed E-state index contributed by atoms with van der Waals surface area (Å²) in [6.07, 6.45) is 0. The van der Waals surface area contributed by atoms with Crippen LogP contribution in [0.1, 0.15) is 10.5 Å². The van der Waals surface area contributed by atoms with E-state index in [-0.39, 0.29) is 19.0 Å². The van der Waals surface area contributed by atoms with E-state index in [2.05, 4.69) is 4.98 Å². The summed E-state index contributed by atoms with van der Waals surface area (Å²) in [6.45, 7) is 1.25. The minimum Gasteiger partial charge on any atom is -0.335 e. The number of halogens is 1. The van der Waals surface area contributed by atoms with Crippen molar-refractivity contribution < 1.29 is 13.2 Å². The van der Waals surface area contributed by atoms with Gasteiger partial charge in [0.25, 0.3) is 16.1 Å². The zero-order valence-electron chi connectivity index (χ0n) is 14.4. The lowest BCUT2D eigenvalue weighted by Crippen LogP contribution is -2.53. The molecular formula is C16H19ClN4O3S2. The van der Waals surface area contributed by atoms with Crippen LogP contribution in [0.25, 0.3) is 10.6 Å². The molecule has 1 aliphatic heterocycles. The molecule has 10 heteroatoms. The summed E-state index contributed by atoms with van der Waals surface area (Å²) in [4.78, 5) is 18.7. The Labute approximate surface area is 162 Å². The number of carbonyl (C=O) groups excluding carboxylic acids is 1. The smallest absolute Gasteiger partial charge is 0.281 e. The van der Waals surface area contributed by atoms with Crippen molar-refractivity contribution in [3.63, 3.8) is 0 Å². The molecule has 0 unspecified atom stereocenters. The molecule has 1 amide bonds. The number of benzene rings is 1. The third-order valence-electron chi connectivity index (χ3n) is 4.13. The van der Waals surface area contributed by atoms with Gasteiger partial charge in [0.2, 0.25) is 0 Å². The van der Waals surface area contributed by atoms with E-state index in [1.807, 2.05) is 12.1 Å². The van der Waals surface area contributed by atoms with Crippen LogP contribution in [0.2, 0.25) is 5.02 Å². The maximum Gasteiger partial charge on any atom is 0.281 e. The molecule has 0 spiro atoms. The van der Waals surface area contributed by atoms with Gasteiger partial charge in [0.05, 0.1) is 0 Å². The van der Waals surface area contributed by atoms with E-state index in [9.17, 15) is 13.2 Å². The van der Waals surface area contributed by atoms with E-state index in [0.29, 0.717) is 23.8 Å². The zero-order chi connectivity index (χ0) is 18.9. The van der Waals surface area contributed by atoms with Crippen LogP contribution in [0, 0.1) is 0 Å². The third-order valence-corrected chi connectivity index (χ3v) is 7.21. The second kappa shape index (κ2) is 7.61. The molecule has 2 heterocycles. The average Bonchev–Trinajstić information content (AvgIpc) is 3.11. The van der Waals surface area contributed by atoms with Crippen LogP contribution in [0.4, 0.5) is 0 Å². The van der Waals surface area contributed by atoms with Crippen LogP contribution >= 0.6 is 22.9 Å². The highest BCUT2D eigenvalue weighted by Gasteiger charge is 2.31. The van der Waals surface area contributed by atoms with Crippen molar-refractivity contribution in [2.24, 2.45) is 0 Å². The molecule has 0 saturated carbocycles. The van der Waals surface area contributed by atoms with Crippen LogP contribution in [-0.2, 0) is 10.2 Å². The molecule has 0 atom stereocenters. The lowest BCUT2D eigenvalue weighted by molar-refractivity contribution is 0.0690. The Balaban J connectivity index is 1.67. The fourth-order valence-corrected chi connectivity index (χ4v) is 4.62. The van der Waals surface area contributed by atoms with Gasteiger partial charge in [-0.2, -0.15) is 17.0 Å². The van der Waals surface area contributed by atoms with Crippen molar-refractivity contribution in [2.45, 2.75) is 0 Å². The van der Waals surface area contributed by atoms with Gasteiger partial charge in [0.1, 0.15) is 10.7 Å². The van der Waals surface area contributed by atoms with Crippen molar-refractivity contribution in [1.82, 2.24) is 18.5 Å². The minimum absolute atomic E-state index is 0.177. The Morgan fingerprint density at radius 3 is 2.35 bits per heavy atom. The number of nitrogens with zero attached hydrogens (tertiary/aromatic N) is 4. The SMILES string of the molecule is CN(C)S(=O)(=O)N1CCN(C(=O)c2csc(-c3ccc(Cl)cc3)n2)CC1. The molecule has 7 nitrogen and oxygen atoms in total. The Morgan fingerprint density at radius 1 is 1.15 bits per heavy atom. The predicted molar refractivity (Wildman–Crippen MR) is 103 cm³/mol. The molecule has 1 saturated heterocycles. The Hall–Kier alpha value is -1.52. The van der Waals surface area contributed by atoms with Crippen LogP contribution < -0.4 is 0 Å². The first-order chi connectivity index (χ1) is 12.3. The molecule has 1 aliphatic rings. The zero-order valence-corrected chi connectivity index (χ0v) is 16.8. The second-order valence-electron chi connectivity index (χ2n) is 6.03. The standard InChI is InChI=1S/C16H19ClN4O3S2/c1-19(2)26(23,24)21-9-7-20(8-10-21)16(22)14-11-25-15(18-14)12-3-5-13(17)6-4-12/h3-6,11H,7-10H2,1-2H3. The quantitative estimate of drug-likeness (QED) is 0.767. The van der Waals surface area contributed by atoms with Crippen molar-refractivity contribution in [3.05, 3.63) is 40.4 Å². The maximum atomic E-state index is 12.7. The van der Waals surface area contributed by atoms with Gasteiger partial charge in [0.15, 0.2) is 0 Å². The van der Waals surface area contributed by atoms with E-state index >= 15 is 0 Å². The summed E-state index contributed by atoms with van der Waals surface area (Å²) < 4.78 is 26.9. The molecule has 0 aliphatic carbocycles. The number of hydrogen-bond acceptors (Lipinski definition) is 5. The van der Waals surface area contributed by atoms with Crippen LogP contribution in [0.5, 0.6) is 0 Å². The first kappa shape index (κ1) is 19.2. The molecule has 3 rings (SSSR count). The minimum atomic E-state index is -3.44. The highest BCUT2D eigenvalue weighted by molar-refractivity contribution is 7.86. The van der Waals surface area contributed by atoms with Crippen molar-refractivity contribution in [1.29, 1.82) is 0 Å². The van der Waals surface area contributed by atoms with E-state index in [0.717, 1.165) is 10.6 Å². The van der Waals surface area contributed by atoms with Crippen molar-refractivity contribution in [2.75, 3.05) is 40.3 Å². The average molecular weight is 415 g/mol. The molecule has 26 heavy (non-hydrogen) atoms. The monoisotopic (exact) mass is 414 g/mol. The van der Waals surface area contributed by atoms with Gasteiger partial charge >= 0.3 is 0 Å². The van der Waals surface area contributed by atoms with Crippen molar-refractivity contribution in [3.8, 4) is 10.6 Å². The largest absolute Gasteiger partial charge is 0.335 e. The molecular weight excluding hydrogens is 396 g/mol. The number of amides is 1. The van der Waals surface area contributed by atoms with Gasteiger partial charge in [-0.25, -0.2) is 4.98 Å².